The molecule has 0 aliphatic rings. The molecule has 0 spiro atoms. The van der Waals surface area contributed by atoms with Crippen LogP contribution in [0.4, 0.5) is 10.1 Å². The summed E-state index contributed by atoms with van der Waals surface area (Å²) in [5, 5.41) is 3.62. The molecule has 0 saturated heterocycles. The van der Waals surface area contributed by atoms with E-state index in [0.29, 0.717) is 46.3 Å². The van der Waals surface area contributed by atoms with Gasteiger partial charge < -0.3 is 19.5 Å². The van der Waals surface area contributed by atoms with E-state index in [2.05, 4.69) is 21.2 Å². The summed E-state index contributed by atoms with van der Waals surface area (Å²) >= 11 is 9.64. The van der Waals surface area contributed by atoms with Crippen molar-refractivity contribution in [3.8, 4) is 11.5 Å². The molecule has 0 amide bonds. The smallest absolute Gasteiger partial charge is 0.338 e. The molecule has 0 saturated carbocycles. The fourth-order valence-electron chi connectivity index (χ4n) is 3.08. The zero-order valence-corrected chi connectivity index (χ0v) is 20.6. The highest BCUT2D eigenvalue weighted by Crippen LogP contribution is 2.38. The van der Waals surface area contributed by atoms with Gasteiger partial charge in [0.15, 0.2) is 11.5 Å². The first-order valence-corrected chi connectivity index (χ1v) is 11.6. The van der Waals surface area contributed by atoms with Gasteiger partial charge in [-0.05, 0) is 83.9 Å². The van der Waals surface area contributed by atoms with Crippen LogP contribution in [0.3, 0.4) is 0 Å². The van der Waals surface area contributed by atoms with Crippen LogP contribution in [0.2, 0.25) is 5.02 Å². The second kappa shape index (κ2) is 11.9. The molecule has 0 bridgehead atoms. The number of esters is 1. The average Bonchev–Trinajstić information content (AvgIpc) is 2.79. The van der Waals surface area contributed by atoms with Crippen molar-refractivity contribution in [3.63, 3.8) is 0 Å². The van der Waals surface area contributed by atoms with Gasteiger partial charge in [0.2, 0.25) is 0 Å². The highest BCUT2D eigenvalue weighted by Gasteiger charge is 2.15. The van der Waals surface area contributed by atoms with Crippen molar-refractivity contribution < 1.29 is 23.4 Å². The summed E-state index contributed by atoms with van der Waals surface area (Å²) in [5.74, 6) is 0.237. The van der Waals surface area contributed by atoms with Crippen LogP contribution in [0.25, 0.3) is 0 Å². The number of carbonyl (C=O) groups excluding carboxylic acids is 1. The SMILES string of the molecule is CCOC(=O)c1ccc(NCc2cc(Br)c(OCc3c(F)cccc3Cl)c(OCC)c2)cc1. The molecular formula is C25H24BrClFNO4. The Morgan fingerprint density at radius 3 is 2.48 bits per heavy atom. The van der Waals surface area contributed by atoms with Gasteiger partial charge in [-0.25, -0.2) is 9.18 Å². The van der Waals surface area contributed by atoms with E-state index in [1.54, 1.807) is 31.2 Å². The Kier molecular flexibility index (Phi) is 8.97. The van der Waals surface area contributed by atoms with Crippen LogP contribution in [0.5, 0.6) is 11.5 Å². The molecule has 5 nitrogen and oxygen atoms in total. The summed E-state index contributed by atoms with van der Waals surface area (Å²) in [4.78, 5) is 11.8. The Hall–Kier alpha value is -2.77. The Morgan fingerprint density at radius 1 is 1.06 bits per heavy atom. The molecule has 0 unspecified atom stereocenters. The third-order valence-corrected chi connectivity index (χ3v) is 5.63. The third-order valence-electron chi connectivity index (χ3n) is 4.68. The molecule has 3 aromatic carbocycles. The maximum Gasteiger partial charge on any atom is 0.338 e. The maximum atomic E-state index is 14.1. The topological polar surface area (TPSA) is 56.8 Å². The van der Waals surface area contributed by atoms with Crippen molar-refractivity contribution in [2.45, 2.75) is 27.0 Å². The number of ether oxygens (including phenoxy) is 3. The fraction of sp³-hybridized carbons (Fsp3) is 0.240. The molecule has 0 aromatic heterocycles. The number of carbonyl (C=O) groups is 1. The van der Waals surface area contributed by atoms with E-state index in [9.17, 15) is 9.18 Å². The third kappa shape index (κ3) is 6.62. The molecule has 174 valence electrons. The summed E-state index contributed by atoms with van der Waals surface area (Å²) in [6.07, 6.45) is 0. The van der Waals surface area contributed by atoms with E-state index in [4.69, 9.17) is 25.8 Å². The van der Waals surface area contributed by atoms with Crippen molar-refractivity contribution in [2.24, 2.45) is 0 Å². The normalized spacial score (nSPS) is 10.6. The minimum Gasteiger partial charge on any atom is -0.490 e. The Labute approximate surface area is 205 Å². The first kappa shape index (κ1) is 24.9. The minimum absolute atomic E-state index is 0.0331. The number of benzene rings is 3. The largest absolute Gasteiger partial charge is 0.490 e. The monoisotopic (exact) mass is 535 g/mol. The van der Waals surface area contributed by atoms with Gasteiger partial charge in [-0.2, -0.15) is 0 Å². The molecule has 0 fully saturated rings. The Bertz CT molecular complexity index is 1090. The van der Waals surface area contributed by atoms with Gasteiger partial charge in [0.1, 0.15) is 12.4 Å². The van der Waals surface area contributed by atoms with Gasteiger partial charge in [0.25, 0.3) is 0 Å². The van der Waals surface area contributed by atoms with E-state index in [0.717, 1.165) is 11.3 Å². The first-order valence-electron chi connectivity index (χ1n) is 10.4. The standard InChI is InChI=1S/C25H24BrClFNO4/c1-3-31-23-13-16(14-29-18-10-8-17(9-11-18)25(30)32-4-2)12-20(26)24(23)33-15-19-21(27)6-5-7-22(19)28/h5-13,29H,3-4,14-15H2,1-2H3. The molecule has 0 aliphatic heterocycles. The second-order valence-corrected chi connectivity index (χ2v) is 8.24. The number of anilines is 1. The second-order valence-electron chi connectivity index (χ2n) is 6.98. The zero-order chi connectivity index (χ0) is 23.8. The highest BCUT2D eigenvalue weighted by atomic mass is 79.9. The molecule has 0 radical (unpaired) electrons. The fourth-order valence-corrected chi connectivity index (χ4v) is 3.91. The molecule has 0 heterocycles. The summed E-state index contributed by atoms with van der Waals surface area (Å²) in [6.45, 7) is 4.90. The van der Waals surface area contributed by atoms with Gasteiger partial charge in [-0.15, -0.1) is 0 Å². The van der Waals surface area contributed by atoms with Crippen LogP contribution in [-0.2, 0) is 17.9 Å². The predicted octanol–water partition coefficient (Wildman–Crippen LogP) is 7.01. The van der Waals surface area contributed by atoms with Crippen LogP contribution in [0.1, 0.15) is 35.3 Å². The summed E-state index contributed by atoms with van der Waals surface area (Å²) in [7, 11) is 0. The minimum atomic E-state index is -0.425. The van der Waals surface area contributed by atoms with Crippen molar-refractivity contribution in [1.29, 1.82) is 0 Å². The van der Waals surface area contributed by atoms with E-state index < -0.39 is 5.82 Å². The molecule has 33 heavy (non-hydrogen) atoms. The molecule has 1 N–H and O–H groups in total. The molecule has 3 rings (SSSR count). The van der Waals surface area contributed by atoms with Crippen molar-refractivity contribution in [2.75, 3.05) is 18.5 Å². The number of hydrogen-bond acceptors (Lipinski definition) is 5. The van der Waals surface area contributed by atoms with Gasteiger partial charge in [-0.1, -0.05) is 17.7 Å². The number of halogens is 3. The average molecular weight is 537 g/mol. The van der Waals surface area contributed by atoms with Crippen LogP contribution in [-0.4, -0.2) is 19.2 Å². The number of rotatable bonds is 10. The Balaban J connectivity index is 1.72. The van der Waals surface area contributed by atoms with E-state index in [-0.39, 0.29) is 18.1 Å². The van der Waals surface area contributed by atoms with Gasteiger partial charge in [0, 0.05) is 17.8 Å². The summed E-state index contributed by atoms with van der Waals surface area (Å²) in [6, 6.07) is 15.4. The van der Waals surface area contributed by atoms with Gasteiger partial charge in [-0.3, -0.25) is 0 Å². The zero-order valence-electron chi connectivity index (χ0n) is 18.3. The predicted molar refractivity (Wildman–Crippen MR) is 131 cm³/mol. The molecule has 8 heteroatoms. The van der Waals surface area contributed by atoms with Gasteiger partial charge >= 0.3 is 5.97 Å². The van der Waals surface area contributed by atoms with Crippen LogP contribution >= 0.6 is 27.5 Å². The number of nitrogens with one attached hydrogen (secondary N) is 1. The molecule has 0 aliphatic carbocycles. The lowest BCUT2D eigenvalue weighted by Crippen LogP contribution is -2.06. The maximum absolute atomic E-state index is 14.1. The lowest BCUT2D eigenvalue weighted by Gasteiger charge is -2.17. The quantitative estimate of drug-likeness (QED) is 0.283. The van der Waals surface area contributed by atoms with Crippen LogP contribution in [0.15, 0.2) is 59.1 Å². The first-order chi connectivity index (χ1) is 15.9. The van der Waals surface area contributed by atoms with Crippen LogP contribution in [0, 0.1) is 5.82 Å². The van der Waals surface area contributed by atoms with Crippen molar-refractivity contribution in [3.05, 3.63) is 86.6 Å². The lowest BCUT2D eigenvalue weighted by atomic mass is 10.1. The van der Waals surface area contributed by atoms with E-state index >= 15 is 0 Å². The summed E-state index contributed by atoms with van der Waals surface area (Å²) < 4.78 is 31.4. The van der Waals surface area contributed by atoms with Crippen LogP contribution < -0.4 is 14.8 Å². The van der Waals surface area contributed by atoms with E-state index in [1.165, 1.54) is 6.07 Å². The van der Waals surface area contributed by atoms with Gasteiger partial charge in [0.05, 0.1) is 28.3 Å². The lowest BCUT2D eigenvalue weighted by molar-refractivity contribution is 0.0526. The molecule has 3 aromatic rings. The Morgan fingerprint density at radius 2 is 1.82 bits per heavy atom. The number of hydrogen-bond donors (Lipinski definition) is 1. The van der Waals surface area contributed by atoms with E-state index in [1.807, 2.05) is 31.2 Å². The van der Waals surface area contributed by atoms with Crippen molar-refractivity contribution in [1.82, 2.24) is 0 Å². The summed E-state index contributed by atoms with van der Waals surface area (Å²) in [5.41, 5.74) is 2.58. The molecular weight excluding hydrogens is 513 g/mol. The molecule has 0 atom stereocenters. The highest BCUT2D eigenvalue weighted by molar-refractivity contribution is 9.10. The van der Waals surface area contributed by atoms with Crippen molar-refractivity contribution >= 4 is 39.2 Å².